The summed E-state index contributed by atoms with van der Waals surface area (Å²) >= 11 is 0. The van der Waals surface area contributed by atoms with Crippen LogP contribution in [-0.4, -0.2) is 0 Å². The van der Waals surface area contributed by atoms with E-state index < -0.39 is 0 Å². The maximum atomic E-state index is 2.75. The van der Waals surface area contributed by atoms with E-state index in [-0.39, 0.29) is 0 Å². The van der Waals surface area contributed by atoms with Gasteiger partial charge < -0.3 is 0 Å². The molecule has 0 nitrogen and oxygen atoms in total. The summed E-state index contributed by atoms with van der Waals surface area (Å²) in [4.78, 5) is 0. The van der Waals surface area contributed by atoms with Gasteiger partial charge in [0.15, 0.2) is 0 Å². The zero-order chi connectivity index (χ0) is 99.4. The maximum absolute atomic E-state index is 2.75. The number of rotatable bonds is 4. The van der Waals surface area contributed by atoms with Crippen molar-refractivity contribution >= 4 is 43.1 Å². The van der Waals surface area contributed by atoms with Crippen LogP contribution in [-0.2, 0) is 0 Å². The summed E-state index contributed by atoms with van der Waals surface area (Å²) in [6.45, 7) is 60.4. The molecule has 0 heteroatoms. The second-order valence-corrected chi connectivity index (χ2v) is 58.0. The zero-order valence-corrected chi connectivity index (χ0v) is 93.8. The Morgan fingerprint density at radius 2 is 0.471 bits per heavy atom. The summed E-state index contributed by atoms with van der Waals surface area (Å²) in [5.74, 6) is 19.9. The van der Waals surface area contributed by atoms with E-state index in [1.54, 1.807) is 49.7 Å². The zero-order valence-electron chi connectivity index (χ0n) is 93.8. The lowest BCUT2D eigenvalue weighted by atomic mass is 9.44. The van der Waals surface area contributed by atoms with E-state index in [0.29, 0.717) is 65.0 Å². The minimum atomic E-state index is 0.482. The minimum absolute atomic E-state index is 0.482. The molecule has 0 heterocycles. The maximum Gasteiger partial charge on any atom is -0.00850 e. The summed E-state index contributed by atoms with van der Waals surface area (Å²) < 4.78 is 0. The Morgan fingerprint density at radius 1 is 0.229 bits per heavy atom. The molecular formula is C140H200. The fraction of sp³-hybridized carbons (Fsp3) is 0.657. The van der Waals surface area contributed by atoms with Crippen molar-refractivity contribution in [3.8, 4) is 0 Å². The van der Waals surface area contributed by atoms with Crippen molar-refractivity contribution in [2.45, 2.75) is 397 Å². The molecule has 16 aliphatic rings. The Labute approximate surface area is 858 Å². The summed E-state index contributed by atoms with van der Waals surface area (Å²) in [6.07, 6.45) is 64.0. The van der Waals surface area contributed by atoms with Gasteiger partial charge in [-0.05, 0) is 471 Å². The van der Waals surface area contributed by atoms with Crippen LogP contribution in [0.1, 0.15) is 397 Å². The van der Waals surface area contributed by atoms with Gasteiger partial charge in [-0.1, -0.05) is 393 Å². The first-order chi connectivity index (χ1) is 66.4. The molecule has 12 saturated carbocycles. The largest absolute Gasteiger partial charge is 0.0847 e. The first-order valence-corrected chi connectivity index (χ1v) is 58.9. The standard InChI is InChI=1S/C25H44.2C25H42.C25H40.4C10H8/c4*1-17-7-10-21-20-9-8-19-15-18(16-23(2,3)4)11-13-25(19,6)22(20)12-14-24(17,21)5;4*1-2-6-10-8-4-3-7-9(10)5-1/h17-22H,7-16H2,1-6H3;8,17-18,20-22H,7,9-16H2,1-6H3;7,18-22H,8-16H2,1-6H3;7-8,18,20-22H,9-16H2,1-6H3;4*1-8H/t17?,18?,19-,20-,21-,22-,24+,25-;17?,18?,20-,21-,22-,24+,25-;18?,19-,20-,21-,22-,24+,25-;18?,20-,21-,22-,24+,25-;;;;/m0000..../s1. The lowest BCUT2D eigenvalue weighted by molar-refractivity contribution is -0.118. The third-order valence-corrected chi connectivity index (χ3v) is 45.1. The van der Waals surface area contributed by atoms with Crippen molar-refractivity contribution < 1.29 is 0 Å². The van der Waals surface area contributed by atoms with E-state index in [1.807, 2.05) is 11.1 Å². The molecule has 0 aliphatic heterocycles. The van der Waals surface area contributed by atoms with Crippen molar-refractivity contribution in [1.29, 1.82) is 0 Å². The second kappa shape index (κ2) is 42.2. The van der Waals surface area contributed by atoms with Gasteiger partial charge >= 0.3 is 0 Å². The third-order valence-electron chi connectivity index (χ3n) is 45.1. The van der Waals surface area contributed by atoms with Crippen molar-refractivity contribution in [2.75, 3.05) is 0 Å². The van der Waals surface area contributed by atoms with Crippen LogP contribution in [0.3, 0.4) is 0 Å². The molecule has 6 unspecified atom stereocenters. The van der Waals surface area contributed by atoms with E-state index >= 15 is 0 Å². The summed E-state index contributed by atoms with van der Waals surface area (Å²) in [6, 6.07) is 66.9. The Kier molecular flexibility index (Phi) is 31.7. The number of fused-ring (bicyclic) bond motifs is 24. The quantitative estimate of drug-likeness (QED) is 0.154. The Bertz CT molecular complexity index is 4920. The second-order valence-electron chi connectivity index (χ2n) is 58.0. The van der Waals surface area contributed by atoms with Gasteiger partial charge in [0.1, 0.15) is 0 Å². The van der Waals surface area contributed by atoms with Crippen molar-refractivity contribution in [1.82, 2.24) is 0 Å². The Hall–Kier alpha value is -6.24. The van der Waals surface area contributed by atoms with E-state index in [4.69, 9.17) is 0 Å². The summed E-state index contributed by atoms with van der Waals surface area (Å²) in [5.41, 5.74) is 14.0. The fourth-order valence-electron chi connectivity index (χ4n) is 37.0. The van der Waals surface area contributed by atoms with Gasteiger partial charge in [-0.25, -0.2) is 0 Å². The average molecular weight is 1880 g/mol. The molecule has 24 rings (SSSR count). The molecule has 760 valence electrons. The van der Waals surface area contributed by atoms with Crippen molar-refractivity contribution in [3.63, 3.8) is 0 Å². The van der Waals surface area contributed by atoms with Gasteiger partial charge in [0.2, 0.25) is 0 Å². The van der Waals surface area contributed by atoms with Crippen molar-refractivity contribution in [2.24, 2.45) is 183 Å². The monoisotopic (exact) mass is 1880 g/mol. The predicted octanol–water partition coefficient (Wildman–Crippen LogP) is 41.9. The first kappa shape index (κ1) is 105. The topological polar surface area (TPSA) is 0 Å². The highest BCUT2D eigenvalue weighted by Crippen LogP contribution is 2.73. The smallest absolute Gasteiger partial charge is 0.00850 e. The van der Waals surface area contributed by atoms with Gasteiger partial charge in [0.05, 0.1) is 0 Å². The van der Waals surface area contributed by atoms with Crippen LogP contribution < -0.4 is 0 Å². The van der Waals surface area contributed by atoms with Crippen LogP contribution in [0.25, 0.3) is 43.1 Å². The van der Waals surface area contributed by atoms with Gasteiger partial charge in [0, 0.05) is 0 Å². The van der Waals surface area contributed by atoms with E-state index in [2.05, 4.69) is 385 Å². The number of allylic oxidation sites excluding steroid dienone is 8. The molecular weight excluding hydrogens is 1680 g/mol. The highest BCUT2D eigenvalue weighted by molar-refractivity contribution is 5.84. The van der Waals surface area contributed by atoms with Gasteiger partial charge in [-0.3, -0.25) is 0 Å². The Balaban J connectivity index is 0.000000114. The van der Waals surface area contributed by atoms with Gasteiger partial charge in [-0.2, -0.15) is 0 Å². The molecule has 12 fully saturated rings. The molecule has 28 atom stereocenters. The minimum Gasteiger partial charge on any atom is -0.0847 e. The molecule has 0 aromatic heterocycles. The van der Waals surface area contributed by atoms with Crippen LogP contribution in [0, 0.1) is 183 Å². The molecule has 8 aromatic rings. The highest BCUT2D eigenvalue weighted by Gasteiger charge is 2.64. The molecule has 0 amide bonds. The van der Waals surface area contributed by atoms with Crippen LogP contribution >= 0.6 is 0 Å². The van der Waals surface area contributed by atoms with E-state index in [0.717, 1.165) is 118 Å². The molecule has 16 aliphatic carbocycles. The molecule has 0 radical (unpaired) electrons. The fourth-order valence-corrected chi connectivity index (χ4v) is 37.0. The van der Waals surface area contributed by atoms with Crippen LogP contribution in [0.15, 0.2) is 241 Å². The number of benzene rings is 8. The predicted molar refractivity (Wildman–Crippen MR) is 610 cm³/mol. The summed E-state index contributed by atoms with van der Waals surface area (Å²) in [5, 5.41) is 10.5. The molecule has 0 spiro atoms. The van der Waals surface area contributed by atoms with Gasteiger partial charge in [-0.15, -0.1) is 0 Å². The average Bonchev–Trinajstić information content (AvgIpc) is 1.47. The lowest BCUT2D eigenvalue weighted by Gasteiger charge is -2.61. The van der Waals surface area contributed by atoms with Crippen LogP contribution in [0.5, 0.6) is 0 Å². The van der Waals surface area contributed by atoms with Crippen molar-refractivity contribution in [3.05, 3.63) is 241 Å². The number of hydrogen-bond acceptors (Lipinski definition) is 0. The molecule has 0 N–H and O–H groups in total. The summed E-state index contributed by atoms with van der Waals surface area (Å²) in [7, 11) is 0. The van der Waals surface area contributed by atoms with Crippen LogP contribution in [0.4, 0.5) is 0 Å². The Morgan fingerprint density at radius 3 is 0.793 bits per heavy atom. The normalized spacial score (nSPS) is 38.5. The van der Waals surface area contributed by atoms with Gasteiger partial charge in [0.25, 0.3) is 0 Å². The number of hydrogen-bond donors (Lipinski definition) is 0. The SMILES string of the molecule is CC1=CC[C@H]2[C@@H]3CC=C4CC(CC(C)(C)C)CC[C@]4(C)[C@H]3CC[C@]12C.CC1=CC[C@H]2[C@@H]3CC[C@H]4CC(CC(C)(C)C)CC[C@]4(C)[C@H]3CC[C@]12C.CC1CC[C@H]2[C@@H]3CC=C4CC(CC(C)(C)C)CC[C@]4(C)[C@H]3CC[C@]12C.CC1CC[C@H]2[C@@H]3CC[C@H]4CC(CC(C)(C)C)CC[C@]4(C)[C@H]3CC[C@]12C.c1ccc2ccccc2c1.c1ccc2ccccc2c1.c1ccc2ccccc2c1.c1ccc2ccccc2c1. The molecule has 0 bridgehead atoms. The molecule has 8 aromatic carbocycles. The van der Waals surface area contributed by atoms with E-state index in [9.17, 15) is 0 Å². The molecule has 140 heavy (non-hydrogen) atoms. The third kappa shape index (κ3) is 22.3. The molecule has 0 saturated heterocycles. The first-order valence-electron chi connectivity index (χ1n) is 58.9. The highest BCUT2D eigenvalue weighted by atomic mass is 14.7. The van der Waals surface area contributed by atoms with Crippen LogP contribution in [0.2, 0.25) is 0 Å². The lowest BCUT2D eigenvalue weighted by Crippen LogP contribution is -2.53. The van der Waals surface area contributed by atoms with E-state index in [1.165, 1.54) is 236 Å².